The summed E-state index contributed by atoms with van der Waals surface area (Å²) in [6, 6.07) is 13.6. The number of ether oxygens (including phenoxy) is 2. The summed E-state index contributed by atoms with van der Waals surface area (Å²) in [6.07, 6.45) is 0. The van der Waals surface area contributed by atoms with Crippen molar-refractivity contribution in [1.29, 1.82) is 0 Å². The molecule has 2 N–H and O–H groups in total. The lowest BCUT2D eigenvalue weighted by Gasteiger charge is -2.12. The van der Waals surface area contributed by atoms with Crippen LogP contribution in [0, 0.1) is 0 Å². The number of aromatic nitrogens is 2. The van der Waals surface area contributed by atoms with Gasteiger partial charge >= 0.3 is 0 Å². The average Bonchev–Trinajstić information content (AvgIpc) is 2.83. The molecule has 21 heavy (non-hydrogen) atoms. The number of fused-ring (bicyclic) bond motifs is 1. The third-order valence-corrected chi connectivity index (χ3v) is 3.51. The number of nitrogen functional groups attached to an aromatic ring is 1. The molecule has 3 aromatic rings. The number of anilines is 1. The van der Waals surface area contributed by atoms with Gasteiger partial charge in [-0.25, -0.2) is 4.98 Å². The van der Waals surface area contributed by atoms with Gasteiger partial charge in [-0.15, -0.1) is 0 Å². The molecule has 0 atom stereocenters. The zero-order chi connectivity index (χ0) is 14.8. The standard InChI is InChI=1S/C16H17N3O2/c1-20-12-8-7-11(15(9-12)21-2)10-19-14-6-4-3-5-13(14)18-16(19)17/h3-9H,10H2,1-2H3,(H2,17,18). The number of hydrogen-bond acceptors (Lipinski definition) is 4. The molecule has 1 heterocycles. The van der Waals surface area contributed by atoms with Crippen LogP contribution in [0.2, 0.25) is 0 Å². The van der Waals surface area contributed by atoms with E-state index >= 15 is 0 Å². The summed E-state index contributed by atoms with van der Waals surface area (Å²) in [5.41, 5.74) is 8.96. The molecule has 108 valence electrons. The van der Waals surface area contributed by atoms with Crippen molar-refractivity contribution in [3.8, 4) is 11.5 Å². The normalized spacial score (nSPS) is 10.8. The SMILES string of the molecule is COc1ccc(Cn2c(N)nc3ccccc32)c(OC)c1. The van der Waals surface area contributed by atoms with Crippen LogP contribution in [0.1, 0.15) is 5.56 Å². The van der Waals surface area contributed by atoms with Crippen molar-refractivity contribution < 1.29 is 9.47 Å². The van der Waals surface area contributed by atoms with Crippen LogP contribution >= 0.6 is 0 Å². The molecule has 0 radical (unpaired) electrons. The van der Waals surface area contributed by atoms with Gasteiger partial charge in [-0.05, 0) is 24.3 Å². The van der Waals surface area contributed by atoms with Crippen LogP contribution in [0.4, 0.5) is 5.95 Å². The maximum atomic E-state index is 6.04. The number of nitrogens with two attached hydrogens (primary N) is 1. The molecule has 0 spiro atoms. The number of hydrogen-bond donors (Lipinski definition) is 1. The fourth-order valence-electron chi connectivity index (χ4n) is 2.41. The second kappa shape index (κ2) is 5.36. The van der Waals surface area contributed by atoms with Crippen LogP contribution in [0.3, 0.4) is 0 Å². The third-order valence-electron chi connectivity index (χ3n) is 3.51. The lowest BCUT2D eigenvalue weighted by Crippen LogP contribution is -2.06. The molecule has 0 amide bonds. The van der Waals surface area contributed by atoms with Gasteiger partial charge in [0.15, 0.2) is 0 Å². The molecular formula is C16H17N3O2. The maximum absolute atomic E-state index is 6.04. The molecule has 0 aliphatic carbocycles. The Labute approximate surface area is 122 Å². The Morgan fingerprint density at radius 2 is 1.90 bits per heavy atom. The van der Waals surface area contributed by atoms with Gasteiger partial charge in [-0.2, -0.15) is 0 Å². The lowest BCUT2D eigenvalue weighted by molar-refractivity contribution is 0.390. The highest BCUT2D eigenvalue weighted by molar-refractivity contribution is 5.78. The highest BCUT2D eigenvalue weighted by Crippen LogP contribution is 2.27. The van der Waals surface area contributed by atoms with Crippen molar-refractivity contribution in [2.75, 3.05) is 20.0 Å². The minimum atomic E-state index is 0.495. The van der Waals surface area contributed by atoms with Crippen molar-refractivity contribution in [2.24, 2.45) is 0 Å². The first-order valence-electron chi connectivity index (χ1n) is 6.64. The zero-order valence-electron chi connectivity index (χ0n) is 12.0. The van der Waals surface area contributed by atoms with E-state index in [2.05, 4.69) is 4.98 Å². The van der Waals surface area contributed by atoms with Gasteiger partial charge in [0.25, 0.3) is 0 Å². The summed E-state index contributed by atoms with van der Waals surface area (Å²) >= 11 is 0. The third kappa shape index (κ3) is 2.38. The van der Waals surface area contributed by atoms with E-state index in [4.69, 9.17) is 15.2 Å². The maximum Gasteiger partial charge on any atom is 0.201 e. The van der Waals surface area contributed by atoms with Crippen molar-refractivity contribution >= 4 is 17.0 Å². The molecule has 2 aromatic carbocycles. The van der Waals surface area contributed by atoms with E-state index in [-0.39, 0.29) is 0 Å². The molecule has 0 saturated heterocycles. The largest absolute Gasteiger partial charge is 0.497 e. The van der Waals surface area contributed by atoms with Crippen LogP contribution in [-0.4, -0.2) is 23.8 Å². The first-order valence-corrected chi connectivity index (χ1v) is 6.64. The number of imidazole rings is 1. The molecule has 0 aliphatic heterocycles. The Hall–Kier alpha value is -2.69. The van der Waals surface area contributed by atoms with E-state index in [1.165, 1.54) is 0 Å². The fourth-order valence-corrected chi connectivity index (χ4v) is 2.41. The molecular weight excluding hydrogens is 266 g/mol. The Bertz CT molecular complexity index is 780. The highest BCUT2D eigenvalue weighted by Gasteiger charge is 2.11. The van der Waals surface area contributed by atoms with Gasteiger partial charge in [0.1, 0.15) is 11.5 Å². The van der Waals surface area contributed by atoms with Crippen LogP contribution in [0.5, 0.6) is 11.5 Å². The second-order valence-corrected chi connectivity index (χ2v) is 4.72. The monoisotopic (exact) mass is 283 g/mol. The molecule has 3 rings (SSSR count). The number of benzene rings is 2. The van der Waals surface area contributed by atoms with Crippen LogP contribution in [-0.2, 0) is 6.54 Å². The molecule has 0 fully saturated rings. The number of para-hydroxylation sites is 2. The van der Waals surface area contributed by atoms with Crippen LogP contribution in [0.15, 0.2) is 42.5 Å². The number of nitrogens with zero attached hydrogens (tertiary/aromatic N) is 2. The Morgan fingerprint density at radius 1 is 1.10 bits per heavy atom. The van der Waals surface area contributed by atoms with Crippen molar-refractivity contribution in [2.45, 2.75) is 6.54 Å². The smallest absolute Gasteiger partial charge is 0.201 e. The van der Waals surface area contributed by atoms with Crippen molar-refractivity contribution in [1.82, 2.24) is 9.55 Å². The first-order chi connectivity index (χ1) is 10.2. The van der Waals surface area contributed by atoms with E-state index in [1.54, 1.807) is 14.2 Å². The second-order valence-electron chi connectivity index (χ2n) is 4.72. The summed E-state index contributed by atoms with van der Waals surface area (Å²) in [6.45, 7) is 0.597. The molecule has 5 heteroatoms. The summed E-state index contributed by atoms with van der Waals surface area (Å²) in [7, 11) is 3.28. The quantitative estimate of drug-likeness (QED) is 0.799. The van der Waals surface area contributed by atoms with E-state index in [1.807, 2.05) is 47.0 Å². The number of rotatable bonds is 4. The van der Waals surface area contributed by atoms with E-state index in [9.17, 15) is 0 Å². The van der Waals surface area contributed by atoms with Crippen LogP contribution in [0.25, 0.3) is 11.0 Å². The molecule has 0 saturated carbocycles. The molecule has 0 unspecified atom stereocenters. The van der Waals surface area contributed by atoms with Crippen molar-refractivity contribution in [3.63, 3.8) is 0 Å². The summed E-state index contributed by atoms with van der Waals surface area (Å²) in [4.78, 5) is 4.37. The average molecular weight is 283 g/mol. The lowest BCUT2D eigenvalue weighted by atomic mass is 10.2. The molecule has 0 aliphatic rings. The van der Waals surface area contributed by atoms with Gasteiger partial charge in [0.05, 0.1) is 31.8 Å². The fraction of sp³-hybridized carbons (Fsp3) is 0.188. The van der Waals surface area contributed by atoms with Gasteiger partial charge in [0, 0.05) is 11.6 Å². The Balaban J connectivity index is 2.04. The summed E-state index contributed by atoms with van der Waals surface area (Å²) in [5, 5.41) is 0. The van der Waals surface area contributed by atoms with Crippen LogP contribution < -0.4 is 15.2 Å². The number of methoxy groups -OCH3 is 2. The van der Waals surface area contributed by atoms with E-state index in [0.29, 0.717) is 12.5 Å². The summed E-state index contributed by atoms with van der Waals surface area (Å²) < 4.78 is 12.6. The molecule has 5 nitrogen and oxygen atoms in total. The van der Waals surface area contributed by atoms with E-state index in [0.717, 1.165) is 28.1 Å². The Morgan fingerprint density at radius 3 is 2.67 bits per heavy atom. The van der Waals surface area contributed by atoms with Gasteiger partial charge in [-0.1, -0.05) is 12.1 Å². The van der Waals surface area contributed by atoms with Gasteiger partial charge in [0.2, 0.25) is 5.95 Å². The predicted octanol–water partition coefficient (Wildman–Crippen LogP) is 2.68. The highest BCUT2D eigenvalue weighted by atomic mass is 16.5. The molecule has 1 aromatic heterocycles. The topological polar surface area (TPSA) is 62.3 Å². The van der Waals surface area contributed by atoms with Gasteiger partial charge in [-0.3, -0.25) is 0 Å². The zero-order valence-corrected chi connectivity index (χ0v) is 12.0. The first kappa shape index (κ1) is 13.3. The van der Waals surface area contributed by atoms with Gasteiger partial charge < -0.3 is 19.8 Å². The van der Waals surface area contributed by atoms with E-state index < -0.39 is 0 Å². The van der Waals surface area contributed by atoms with Crippen molar-refractivity contribution in [3.05, 3.63) is 48.0 Å². The summed E-state index contributed by atoms with van der Waals surface area (Å²) in [5.74, 6) is 2.03. The minimum Gasteiger partial charge on any atom is -0.497 e. The predicted molar refractivity (Wildman–Crippen MR) is 82.8 cm³/mol. The Kier molecular flexibility index (Phi) is 3.39. The minimum absolute atomic E-state index is 0.495. The molecule has 0 bridgehead atoms.